The zero-order chi connectivity index (χ0) is 16.8. The summed E-state index contributed by atoms with van der Waals surface area (Å²) in [5.74, 6) is -0.290. The van der Waals surface area contributed by atoms with Gasteiger partial charge in [0.1, 0.15) is 18.0 Å². The van der Waals surface area contributed by atoms with Crippen LogP contribution in [0.4, 0.5) is 5.95 Å². The zero-order valence-corrected chi connectivity index (χ0v) is 16.2. The molecule has 0 aliphatic heterocycles. The van der Waals surface area contributed by atoms with Crippen molar-refractivity contribution in [3.63, 3.8) is 0 Å². The van der Waals surface area contributed by atoms with E-state index in [9.17, 15) is 14.7 Å². The molecule has 0 saturated heterocycles. The molecular weight excluding hydrogens is 445 g/mol. The Morgan fingerprint density at radius 3 is 2.41 bits per heavy atom. The molecule has 1 heterocycles. The number of nitro groups is 1. The highest BCUT2D eigenvalue weighted by Gasteiger charge is 2.30. The first-order chi connectivity index (χ1) is 10.3. The maximum Gasteiger partial charge on any atom is 0.434 e. The standard InChI is InChI=1S/C10H18Br2N5O4P/c1-8(9-7-13-10(16(9)2)17(18)19)21-22(20,14-5-3-11)15-6-4-12/h7-8H,3-6H2,1-2H3,(H2,14,15,20)/t8-/m0/s1. The number of aromatic nitrogens is 2. The maximum absolute atomic E-state index is 12.7. The number of nitrogens with one attached hydrogen (secondary N) is 2. The molecule has 126 valence electrons. The zero-order valence-electron chi connectivity index (χ0n) is 12.2. The van der Waals surface area contributed by atoms with Crippen LogP contribution >= 0.6 is 39.5 Å². The molecule has 0 fully saturated rings. The molecule has 0 unspecified atom stereocenters. The summed E-state index contributed by atoms with van der Waals surface area (Å²) in [6.07, 6.45) is 0.713. The van der Waals surface area contributed by atoms with Crippen LogP contribution in [0.1, 0.15) is 18.7 Å². The van der Waals surface area contributed by atoms with Crippen LogP contribution in [0.15, 0.2) is 6.20 Å². The number of nitrogens with zero attached hydrogens (tertiary/aromatic N) is 3. The van der Waals surface area contributed by atoms with Crippen molar-refractivity contribution in [3.8, 4) is 0 Å². The summed E-state index contributed by atoms with van der Waals surface area (Å²) in [5, 5.41) is 17.7. The summed E-state index contributed by atoms with van der Waals surface area (Å²) >= 11 is 6.49. The first-order valence-electron chi connectivity index (χ1n) is 6.41. The van der Waals surface area contributed by atoms with E-state index in [-0.39, 0.29) is 5.95 Å². The molecule has 0 spiro atoms. The van der Waals surface area contributed by atoms with E-state index in [1.165, 1.54) is 17.8 Å². The van der Waals surface area contributed by atoms with Crippen LogP contribution < -0.4 is 10.2 Å². The van der Waals surface area contributed by atoms with Gasteiger partial charge in [0.05, 0.1) is 7.05 Å². The number of imidazole rings is 1. The highest BCUT2D eigenvalue weighted by molar-refractivity contribution is 9.09. The Kier molecular flexibility index (Phi) is 8.15. The minimum Gasteiger partial charge on any atom is -0.390 e. The Labute approximate surface area is 145 Å². The molecule has 0 amide bonds. The molecular formula is C10H18Br2N5O4P. The Morgan fingerprint density at radius 2 is 2.00 bits per heavy atom. The third-order valence-corrected chi connectivity index (χ3v) is 5.40. The van der Waals surface area contributed by atoms with E-state index in [0.29, 0.717) is 29.4 Å². The Balaban J connectivity index is 2.88. The minimum absolute atomic E-state index is 0.290. The quantitative estimate of drug-likeness (QED) is 0.238. The predicted octanol–water partition coefficient (Wildman–Crippen LogP) is 2.48. The number of halogens is 2. The highest BCUT2D eigenvalue weighted by Crippen LogP contribution is 2.43. The van der Waals surface area contributed by atoms with Gasteiger partial charge >= 0.3 is 13.6 Å². The minimum atomic E-state index is -3.28. The molecule has 1 rings (SSSR count). The molecule has 1 atom stereocenters. The van der Waals surface area contributed by atoms with Crippen molar-refractivity contribution >= 4 is 45.5 Å². The largest absolute Gasteiger partial charge is 0.434 e. The van der Waals surface area contributed by atoms with Gasteiger partial charge in [-0.2, -0.15) is 0 Å². The predicted molar refractivity (Wildman–Crippen MR) is 90.6 cm³/mol. The fourth-order valence-corrected chi connectivity index (χ4v) is 4.38. The summed E-state index contributed by atoms with van der Waals surface area (Å²) in [4.78, 5) is 14.0. The summed E-state index contributed by atoms with van der Waals surface area (Å²) in [7, 11) is -1.76. The molecule has 0 saturated carbocycles. The highest BCUT2D eigenvalue weighted by atomic mass is 79.9. The van der Waals surface area contributed by atoms with Crippen molar-refractivity contribution in [2.75, 3.05) is 23.7 Å². The number of rotatable bonds is 10. The monoisotopic (exact) mass is 461 g/mol. The molecule has 22 heavy (non-hydrogen) atoms. The van der Waals surface area contributed by atoms with Gasteiger partial charge in [0.25, 0.3) is 0 Å². The van der Waals surface area contributed by atoms with Gasteiger partial charge in [0.2, 0.25) is 0 Å². The van der Waals surface area contributed by atoms with Gasteiger partial charge in [0.15, 0.2) is 0 Å². The molecule has 0 aromatic carbocycles. The molecule has 0 bridgehead atoms. The normalized spacial score (nSPS) is 13.3. The van der Waals surface area contributed by atoms with Crippen molar-refractivity contribution in [2.45, 2.75) is 13.0 Å². The van der Waals surface area contributed by atoms with Crippen molar-refractivity contribution in [3.05, 3.63) is 22.0 Å². The third-order valence-electron chi connectivity index (χ3n) is 2.71. The van der Waals surface area contributed by atoms with E-state index in [0.717, 1.165) is 0 Å². The lowest BCUT2D eigenvalue weighted by Gasteiger charge is -2.23. The Bertz CT molecular complexity index is 543. The second-order valence-corrected chi connectivity index (χ2v) is 7.82. The van der Waals surface area contributed by atoms with Gasteiger partial charge in [-0.25, -0.2) is 14.7 Å². The van der Waals surface area contributed by atoms with Crippen molar-refractivity contribution in [2.24, 2.45) is 7.05 Å². The van der Waals surface area contributed by atoms with Crippen LogP contribution in [0.2, 0.25) is 0 Å². The summed E-state index contributed by atoms with van der Waals surface area (Å²) in [6, 6.07) is 0. The van der Waals surface area contributed by atoms with E-state index in [1.54, 1.807) is 6.92 Å². The van der Waals surface area contributed by atoms with Crippen LogP contribution in [-0.2, 0) is 16.1 Å². The molecule has 0 aliphatic rings. The van der Waals surface area contributed by atoms with Gasteiger partial charge in [0, 0.05) is 23.7 Å². The third kappa shape index (κ3) is 5.39. The van der Waals surface area contributed by atoms with Crippen LogP contribution in [0.3, 0.4) is 0 Å². The maximum atomic E-state index is 12.7. The van der Waals surface area contributed by atoms with Crippen LogP contribution in [0.25, 0.3) is 0 Å². The number of alkyl halides is 2. The van der Waals surface area contributed by atoms with Crippen molar-refractivity contribution in [1.29, 1.82) is 0 Å². The first kappa shape index (κ1) is 19.7. The first-order valence-corrected chi connectivity index (χ1v) is 10.3. The smallest absolute Gasteiger partial charge is 0.390 e. The Morgan fingerprint density at radius 1 is 1.45 bits per heavy atom. The molecule has 2 N–H and O–H groups in total. The summed E-state index contributed by atoms with van der Waals surface area (Å²) in [5.41, 5.74) is 0.466. The van der Waals surface area contributed by atoms with E-state index < -0.39 is 18.7 Å². The molecule has 12 heteroatoms. The second kappa shape index (κ2) is 9.09. The molecule has 0 radical (unpaired) electrons. The fourth-order valence-electron chi connectivity index (χ4n) is 1.75. The molecule has 1 aromatic rings. The van der Waals surface area contributed by atoms with Crippen molar-refractivity contribution in [1.82, 2.24) is 19.7 Å². The number of hydrogen-bond donors (Lipinski definition) is 2. The lowest BCUT2D eigenvalue weighted by atomic mass is 10.3. The fraction of sp³-hybridized carbons (Fsp3) is 0.700. The number of hydrogen-bond acceptors (Lipinski definition) is 5. The topological polar surface area (TPSA) is 111 Å². The average molecular weight is 463 g/mol. The molecule has 0 aliphatic carbocycles. The van der Waals surface area contributed by atoms with Crippen molar-refractivity contribution < 1.29 is 14.0 Å². The van der Waals surface area contributed by atoms with Gasteiger partial charge in [-0.05, 0) is 11.8 Å². The molecule has 1 aromatic heterocycles. The van der Waals surface area contributed by atoms with E-state index in [1.807, 2.05) is 0 Å². The van der Waals surface area contributed by atoms with Crippen LogP contribution in [-0.4, -0.2) is 38.2 Å². The lowest BCUT2D eigenvalue weighted by molar-refractivity contribution is -0.396. The average Bonchev–Trinajstić information content (AvgIpc) is 2.85. The SMILES string of the molecule is C[C@H](OP(=O)(NCCBr)NCCBr)c1cnc([N+](=O)[O-])n1C. The summed E-state index contributed by atoms with van der Waals surface area (Å²) < 4.78 is 19.6. The summed E-state index contributed by atoms with van der Waals surface area (Å²) in [6.45, 7) is 2.56. The van der Waals surface area contributed by atoms with Gasteiger partial charge in [-0.15, -0.1) is 0 Å². The van der Waals surface area contributed by atoms with E-state index >= 15 is 0 Å². The van der Waals surface area contributed by atoms with Crippen LogP contribution in [0, 0.1) is 10.1 Å². The van der Waals surface area contributed by atoms with Gasteiger partial charge in [-0.3, -0.25) is 9.09 Å². The Hall–Kier alpha value is -0.320. The van der Waals surface area contributed by atoms with E-state index in [2.05, 4.69) is 47.0 Å². The molecule has 9 nitrogen and oxygen atoms in total. The van der Waals surface area contributed by atoms with Crippen LogP contribution in [0.5, 0.6) is 0 Å². The lowest BCUT2D eigenvalue weighted by Crippen LogP contribution is -2.27. The van der Waals surface area contributed by atoms with Gasteiger partial charge in [-0.1, -0.05) is 36.8 Å². The second-order valence-electron chi connectivity index (χ2n) is 4.29. The van der Waals surface area contributed by atoms with Gasteiger partial charge < -0.3 is 10.1 Å². The van der Waals surface area contributed by atoms with E-state index in [4.69, 9.17) is 4.52 Å².